The number of thiophene rings is 1. The largest absolute Gasteiger partial charge is 0.330 e. The summed E-state index contributed by atoms with van der Waals surface area (Å²) in [6, 6.07) is 2.28. The van der Waals surface area contributed by atoms with Crippen molar-refractivity contribution < 1.29 is 0 Å². The Balaban J connectivity index is 2.35. The molecule has 0 amide bonds. The number of rotatable bonds is 5. The second-order valence-corrected chi connectivity index (χ2v) is 4.92. The maximum Gasteiger partial charge on any atom is 0.0390 e. The monoisotopic (exact) mass is 262 g/mol. The molecule has 0 aliphatic heterocycles. The zero-order chi connectivity index (χ0) is 9.68. The molecule has 74 valence electrons. The predicted molar refractivity (Wildman–Crippen MR) is 61.9 cm³/mol. The van der Waals surface area contributed by atoms with E-state index in [1.807, 2.05) is 0 Å². The smallest absolute Gasteiger partial charge is 0.0390 e. The van der Waals surface area contributed by atoms with E-state index in [0.717, 1.165) is 30.3 Å². The second kappa shape index (κ2) is 5.75. The maximum atomic E-state index is 6.00. The first-order valence-corrected chi connectivity index (χ1v) is 6.11. The number of hydrogen-bond donors (Lipinski definition) is 2. The number of halogens is 1. The van der Waals surface area contributed by atoms with E-state index in [9.17, 15) is 0 Å². The Kier molecular flexibility index (Phi) is 4.94. The van der Waals surface area contributed by atoms with Crippen LogP contribution in [0.2, 0.25) is 0 Å². The molecule has 0 aliphatic rings. The second-order valence-electron chi connectivity index (χ2n) is 3.06. The first kappa shape index (κ1) is 11.2. The van der Waals surface area contributed by atoms with E-state index in [2.05, 4.69) is 27.4 Å². The molecule has 0 spiro atoms. The van der Waals surface area contributed by atoms with Gasteiger partial charge in [0, 0.05) is 20.8 Å². The molecule has 0 saturated carbocycles. The van der Waals surface area contributed by atoms with E-state index in [1.54, 1.807) is 11.3 Å². The molecule has 0 unspecified atom stereocenters. The van der Waals surface area contributed by atoms with Crippen molar-refractivity contribution in [3.05, 3.63) is 20.8 Å². The van der Waals surface area contributed by atoms with Gasteiger partial charge in [0.25, 0.3) is 0 Å². The summed E-state index contributed by atoms with van der Waals surface area (Å²) in [6.07, 6.45) is 3.22. The summed E-state index contributed by atoms with van der Waals surface area (Å²) in [5.74, 6) is 0. The fourth-order valence-corrected chi connectivity index (χ4v) is 2.66. The van der Waals surface area contributed by atoms with Crippen LogP contribution in [0.1, 0.15) is 30.2 Å². The minimum atomic E-state index is 0.183. The van der Waals surface area contributed by atoms with Gasteiger partial charge in [-0.05, 0) is 41.4 Å². The molecule has 0 aromatic carbocycles. The lowest BCUT2D eigenvalue weighted by molar-refractivity contribution is 0.598. The molecular weight excluding hydrogens is 248 g/mol. The highest BCUT2D eigenvalue weighted by Gasteiger charge is 2.07. The summed E-state index contributed by atoms with van der Waals surface area (Å²) >= 11 is 5.13. The molecule has 1 aromatic rings. The number of hydrogen-bond acceptors (Lipinski definition) is 3. The molecule has 0 saturated heterocycles. The highest BCUT2D eigenvalue weighted by Crippen LogP contribution is 2.26. The zero-order valence-corrected chi connectivity index (χ0v) is 9.90. The third-order valence-corrected chi connectivity index (χ3v) is 3.75. The Morgan fingerprint density at radius 1 is 1.46 bits per heavy atom. The summed E-state index contributed by atoms with van der Waals surface area (Å²) in [4.78, 5) is 1.25. The van der Waals surface area contributed by atoms with Gasteiger partial charge in [0.1, 0.15) is 0 Å². The van der Waals surface area contributed by atoms with Gasteiger partial charge in [0.15, 0.2) is 0 Å². The Hall–Kier alpha value is 0.1000. The molecule has 1 rings (SSSR count). The van der Waals surface area contributed by atoms with Crippen molar-refractivity contribution in [2.24, 2.45) is 11.5 Å². The lowest BCUT2D eigenvalue weighted by Crippen LogP contribution is -2.09. The van der Waals surface area contributed by atoms with Gasteiger partial charge in [0.2, 0.25) is 0 Å². The standard InChI is InChI=1S/C9H15BrN2S/c10-7-5-9(13-6-7)8(12)3-1-2-4-11/h5-6,8H,1-4,11-12H2/t8-/m0/s1. The summed E-state index contributed by atoms with van der Waals surface area (Å²) in [5.41, 5.74) is 11.4. The molecule has 1 aromatic heterocycles. The van der Waals surface area contributed by atoms with Crippen molar-refractivity contribution in [2.75, 3.05) is 6.54 Å². The third-order valence-electron chi connectivity index (χ3n) is 1.92. The topological polar surface area (TPSA) is 52.0 Å². The third kappa shape index (κ3) is 3.77. The average molecular weight is 263 g/mol. The molecule has 0 aliphatic carbocycles. The van der Waals surface area contributed by atoms with Crippen molar-refractivity contribution in [2.45, 2.75) is 25.3 Å². The molecular formula is C9H15BrN2S. The van der Waals surface area contributed by atoms with Crippen LogP contribution in [0.3, 0.4) is 0 Å². The minimum Gasteiger partial charge on any atom is -0.330 e. The predicted octanol–water partition coefficient (Wildman–Crippen LogP) is 2.64. The van der Waals surface area contributed by atoms with Crippen LogP contribution in [0.15, 0.2) is 15.9 Å². The van der Waals surface area contributed by atoms with Gasteiger partial charge in [0.05, 0.1) is 0 Å². The molecule has 4 N–H and O–H groups in total. The quantitative estimate of drug-likeness (QED) is 0.802. The highest BCUT2D eigenvalue weighted by atomic mass is 79.9. The maximum absolute atomic E-state index is 6.00. The number of unbranched alkanes of at least 4 members (excludes halogenated alkanes) is 1. The average Bonchev–Trinajstić information content (AvgIpc) is 2.52. The molecule has 13 heavy (non-hydrogen) atoms. The van der Waals surface area contributed by atoms with Crippen molar-refractivity contribution in [1.82, 2.24) is 0 Å². The van der Waals surface area contributed by atoms with Crippen molar-refractivity contribution in [3.8, 4) is 0 Å². The summed E-state index contributed by atoms with van der Waals surface area (Å²) in [7, 11) is 0. The van der Waals surface area contributed by atoms with Crippen LogP contribution in [0.5, 0.6) is 0 Å². The molecule has 2 nitrogen and oxygen atoms in total. The van der Waals surface area contributed by atoms with Crippen LogP contribution in [-0.4, -0.2) is 6.54 Å². The first-order chi connectivity index (χ1) is 6.24. The fourth-order valence-electron chi connectivity index (χ4n) is 1.17. The summed E-state index contributed by atoms with van der Waals surface area (Å²) in [5, 5.41) is 2.07. The van der Waals surface area contributed by atoms with E-state index in [0.29, 0.717) is 0 Å². The van der Waals surface area contributed by atoms with Crippen molar-refractivity contribution in [3.63, 3.8) is 0 Å². The first-order valence-electron chi connectivity index (χ1n) is 4.43. The van der Waals surface area contributed by atoms with Gasteiger partial charge in [-0.1, -0.05) is 6.42 Å². The molecule has 0 bridgehead atoms. The summed E-state index contributed by atoms with van der Waals surface area (Å²) in [6.45, 7) is 0.765. The van der Waals surface area contributed by atoms with Crippen LogP contribution in [0.25, 0.3) is 0 Å². The molecule has 0 fully saturated rings. The van der Waals surface area contributed by atoms with E-state index >= 15 is 0 Å². The summed E-state index contributed by atoms with van der Waals surface area (Å²) < 4.78 is 1.13. The zero-order valence-electron chi connectivity index (χ0n) is 7.50. The van der Waals surface area contributed by atoms with Gasteiger partial charge < -0.3 is 11.5 Å². The van der Waals surface area contributed by atoms with Crippen LogP contribution >= 0.6 is 27.3 Å². The molecule has 0 radical (unpaired) electrons. The van der Waals surface area contributed by atoms with E-state index < -0.39 is 0 Å². The Morgan fingerprint density at radius 3 is 2.77 bits per heavy atom. The van der Waals surface area contributed by atoms with E-state index in [1.165, 1.54) is 4.88 Å². The van der Waals surface area contributed by atoms with Gasteiger partial charge in [-0.15, -0.1) is 11.3 Å². The van der Waals surface area contributed by atoms with Crippen LogP contribution in [0, 0.1) is 0 Å². The van der Waals surface area contributed by atoms with Gasteiger partial charge >= 0.3 is 0 Å². The molecule has 4 heteroatoms. The van der Waals surface area contributed by atoms with Crippen molar-refractivity contribution in [1.29, 1.82) is 0 Å². The normalized spacial score (nSPS) is 13.2. The van der Waals surface area contributed by atoms with Gasteiger partial charge in [-0.3, -0.25) is 0 Å². The lowest BCUT2D eigenvalue weighted by atomic mass is 10.1. The number of nitrogens with two attached hydrogens (primary N) is 2. The SMILES string of the molecule is NCCCC[C@H](N)c1cc(Br)cs1. The van der Waals surface area contributed by atoms with Crippen LogP contribution < -0.4 is 11.5 Å². The molecule has 1 heterocycles. The Labute approximate surface area is 91.4 Å². The van der Waals surface area contributed by atoms with Crippen molar-refractivity contribution >= 4 is 27.3 Å². The lowest BCUT2D eigenvalue weighted by Gasteiger charge is -2.07. The Morgan fingerprint density at radius 2 is 2.23 bits per heavy atom. The van der Waals surface area contributed by atoms with Crippen LogP contribution in [-0.2, 0) is 0 Å². The van der Waals surface area contributed by atoms with E-state index in [-0.39, 0.29) is 6.04 Å². The minimum absolute atomic E-state index is 0.183. The Bertz CT molecular complexity index is 250. The highest BCUT2D eigenvalue weighted by molar-refractivity contribution is 9.10. The van der Waals surface area contributed by atoms with Gasteiger partial charge in [-0.2, -0.15) is 0 Å². The fraction of sp³-hybridized carbons (Fsp3) is 0.556. The van der Waals surface area contributed by atoms with Gasteiger partial charge in [-0.25, -0.2) is 0 Å². The molecule has 1 atom stereocenters. The van der Waals surface area contributed by atoms with Crippen LogP contribution in [0.4, 0.5) is 0 Å². The van der Waals surface area contributed by atoms with E-state index in [4.69, 9.17) is 11.5 Å².